The third-order valence-electron chi connectivity index (χ3n) is 2.59. The summed E-state index contributed by atoms with van der Waals surface area (Å²) < 4.78 is 10.1. The monoisotopic (exact) mass is 216 g/mol. The van der Waals surface area contributed by atoms with Gasteiger partial charge < -0.3 is 19.7 Å². The lowest BCUT2D eigenvalue weighted by Gasteiger charge is -2.16. The highest BCUT2D eigenvalue weighted by molar-refractivity contribution is 5.78. The summed E-state index contributed by atoms with van der Waals surface area (Å²) in [5, 5.41) is 3.04. The Morgan fingerprint density at radius 3 is 2.93 bits per heavy atom. The number of likely N-dealkylation sites (tertiary alicyclic amines) is 1. The number of amides is 1. The maximum Gasteiger partial charge on any atom is 0.236 e. The van der Waals surface area contributed by atoms with Crippen LogP contribution >= 0.6 is 0 Å². The maximum atomic E-state index is 11.6. The quantitative estimate of drug-likeness (QED) is 0.606. The van der Waals surface area contributed by atoms with Crippen molar-refractivity contribution < 1.29 is 14.3 Å². The molecule has 1 amide bonds. The van der Waals surface area contributed by atoms with Gasteiger partial charge in [0, 0.05) is 33.9 Å². The minimum Gasteiger partial charge on any atom is -0.383 e. The summed E-state index contributed by atoms with van der Waals surface area (Å²) in [5.74, 6) is 0.144. The van der Waals surface area contributed by atoms with Crippen molar-refractivity contribution in [1.82, 2.24) is 10.2 Å². The van der Waals surface area contributed by atoms with Crippen molar-refractivity contribution in [2.24, 2.45) is 0 Å². The number of rotatable bonds is 6. The fourth-order valence-electron chi connectivity index (χ4n) is 1.63. The average molecular weight is 216 g/mol. The molecule has 0 aromatic rings. The number of nitrogens with one attached hydrogen (secondary N) is 1. The molecule has 0 radical (unpaired) electrons. The molecule has 15 heavy (non-hydrogen) atoms. The Balaban J connectivity index is 2.12. The van der Waals surface area contributed by atoms with Crippen LogP contribution in [0.5, 0.6) is 0 Å². The first-order valence-corrected chi connectivity index (χ1v) is 5.28. The Bertz CT molecular complexity index is 199. The van der Waals surface area contributed by atoms with Gasteiger partial charge in [-0.15, -0.1) is 0 Å². The first-order valence-electron chi connectivity index (χ1n) is 5.28. The molecule has 0 aromatic carbocycles. The molecule has 5 nitrogen and oxygen atoms in total. The molecule has 0 aliphatic carbocycles. The third-order valence-corrected chi connectivity index (χ3v) is 2.59. The van der Waals surface area contributed by atoms with E-state index in [9.17, 15) is 4.79 Å². The first kappa shape index (κ1) is 12.4. The molecule has 0 bridgehead atoms. The van der Waals surface area contributed by atoms with Crippen molar-refractivity contribution in [2.45, 2.75) is 12.5 Å². The standard InChI is InChI=1S/C10H20N2O3/c1-14-6-4-11-7-10(13)12-5-3-9(8-12)15-2/h9,11H,3-8H2,1-2H3/t9-/m0/s1. The zero-order valence-corrected chi connectivity index (χ0v) is 9.49. The van der Waals surface area contributed by atoms with Crippen molar-refractivity contribution in [3.63, 3.8) is 0 Å². The van der Waals surface area contributed by atoms with Crippen molar-refractivity contribution in [2.75, 3.05) is 47.0 Å². The molecule has 1 aliphatic rings. The molecule has 1 heterocycles. The molecule has 88 valence electrons. The summed E-state index contributed by atoms with van der Waals surface area (Å²) in [6.45, 7) is 3.27. The highest BCUT2D eigenvalue weighted by Gasteiger charge is 2.25. The van der Waals surface area contributed by atoms with Crippen LogP contribution in [0, 0.1) is 0 Å². The number of nitrogens with zero attached hydrogens (tertiary/aromatic N) is 1. The Morgan fingerprint density at radius 1 is 1.53 bits per heavy atom. The van der Waals surface area contributed by atoms with Crippen LogP contribution in [-0.4, -0.2) is 63.9 Å². The topological polar surface area (TPSA) is 50.8 Å². The van der Waals surface area contributed by atoms with E-state index >= 15 is 0 Å². The molecule has 5 heteroatoms. The highest BCUT2D eigenvalue weighted by Crippen LogP contribution is 2.11. The van der Waals surface area contributed by atoms with Gasteiger partial charge in [0.2, 0.25) is 5.91 Å². The van der Waals surface area contributed by atoms with Gasteiger partial charge in [0.1, 0.15) is 0 Å². The van der Waals surface area contributed by atoms with E-state index in [1.807, 2.05) is 4.90 Å². The molecule has 0 saturated carbocycles. The lowest BCUT2D eigenvalue weighted by Crippen LogP contribution is -2.38. The summed E-state index contributed by atoms with van der Waals surface area (Å²) in [5.41, 5.74) is 0. The number of hydrogen-bond donors (Lipinski definition) is 1. The summed E-state index contributed by atoms with van der Waals surface area (Å²) in [6, 6.07) is 0. The average Bonchev–Trinajstić information content (AvgIpc) is 2.72. The van der Waals surface area contributed by atoms with Gasteiger partial charge in [-0.05, 0) is 6.42 Å². The van der Waals surface area contributed by atoms with Gasteiger partial charge in [-0.25, -0.2) is 0 Å². The molecule has 0 aromatic heterocycles. The van der Waals surface area contributed by atoms with Crippen LogP contribution in [0.3, 0.4) is 0 Å². The van der Waals surface area contributed by atoms with E-state index in [0.29, 0.717) is 19.7 Å². The maximum absolute atomic E-state index is 11.6. The number of ether oxygens (including phenoxy) is 2. The molecular weight excluding hydrogens is 196 g/mol. The molecule has 0 unspecified atom stereocenters. The second-order valence-corrected chi connectivity index (χ2v) is 3.66. The SMILES string of the molecule is COCCNCC(=O)N1CC[C@H](OC)C1. The van der Waals surface area contributed by atoms with E-state index in [1.165, 1.54) is 0 Å². The molecule has 0 spiro atoms. The number of carbonyl (C=O) groups excluding carboxylic acids is 1. The van der Waals surface area contributed by atoms with Gasteiger partial charge in [0.15, 0.2) is 0 Å². The Hall–Kier alpha value is -0.650. The lowest BCUT2D eigenvalue weighted by molar-refractivity contribution is -0.129. The number of hydrogen-bond acceptors (Lipinski definition) is 4. The van der Waals surface area contributed by atoms with Crippen LogP contribution < -0.4 is 5.32 Å². The van der Waals surface area contributed by atoms with E-state index < -0.39 is 0 Å². The molecule has 1 N–H and O–H groups in total. The zero-order valence-electron chi connectivity index (χ0n) is 9.49. The summed E-state index contributed by atoms with van der Waals surface area (Å²) in [6.07, 6.45) is 1.16. The predicted octanol–water partition coefficient (Wildman–Crippen LogP) is -0.530. The first-order chi connectivity index (χ1) is 7.27. The van der Waals surface area contributed by atoms with Crippen LogP contribution in [0.15, 0.2) is 0 Å². The number of carbonyl (C=O) groups is 1. The fourth-order valence-corrected chi connectivity index (χ4v) is 1.63. The molecule has 1 rings (SSSR count). The number of methoxy groups -OCH3 is 2. The lowest BCUT2D eigenvalue weighted by atomic mass is 10.3. The van der Waals surface area contributed by atoms with E-state index in [2.05, 4.69) is 5.32 Å². The second kappa shape index (κ2) is 6.76. The van der Waals surface area contributed by atoms with Crippen molar-refractivity contribution in [3.05, 3.63) is 0 Å². The van der Waals surface area contributed by atoms with Gasteiger partial charge in [0.05, 0.1) is 19.3 Å². The van der Waals surface area contributed by atoms with Crippen LogP contribution in [0.2, 0.25) is 0 Å². The van der Waals surface area contributed by atoms with E-state index in [-0.39, 0.29) is 12.0 Å². The minimum atomic E-state index is 0.144. The Morgan fingerprint density at radius 2 is 2.33 bits per heavy atom. The summed E-state index contributed by atoms with van der Waals surface area (Å²) in [4.78, 5) is 13.5. The molecule has 1 saturated heterocycles. The molecule has 1 aliphatic heterocycles. The van der Waals surface area contributed by atoms with Crippen LogP contribution in [0.25, 0.3) is 0 Å². The Kier molecular flexibility index (Phi) is 5.60. The van der Waals surface area contributed by atoms with Crippen LogP contribution in [-0.2, 0) is 14.3 Å². The van der Waals surface area contributed by atoms with Crippen molar-refractivity contribution in [3.8, 4) is 0 Å². The molecular formula is C10H20N2O3. The Labute approximate surface area is 90.7 Å². The van der Waals surface area contributed by atoms with E-state index in [0.717, 1.165) is 19.5 Å². The fraction of sp³-hybridized carbons (Fsp3) is 0.900. The molecule has 1 atom stereocenters. The molecule has 1 fully saturated rings. The van der Waals surface area contributed by atoms with E-state index in [4.69, 9.17) is 9.47 Å². The predicted molar refractivity (Wildman–Crippen MR) is 56.7 cm³/mol. The van der Waals surface area contributed by atoms with Crippen molar-refractivity contribution >= 4 is 5.91 Å². The van der Waals surface area contributed by atoms with E-state index in [1.54, 1.807) is 14.2 Å². The smallest absolute Gasteiger partial charge is 0.236 e. The summed E-state index contributed by atoms with van der Waals surface area (Å²) >= 11 is 0. The van der Waals surface area contributed by atoms with Crippen LogP contribution in [0.1, 0.15) is 6.42 Å². The van der Waals surface area contributed by atoms with Crippen LogP contribution in [0.4, 0.5) is 0 Å². The normalized spacial score (nSPS) is 20.9. The zero-order chi connectivity index (χ0) is 11.1. The third kappa shape index (κ3) is 4.15. The van der Waals surface area contributed by atoms with Gasteiger partial charge >= 0.3 is 0 Å². The van der Waals surface area contributed by atoms with Gasteiger partial charge in [-0.3, -0.25) is 4.79 Å². The largest absolute Gasteiger partial charge is 0.383 e. The second-order valence-electron chi connectivity index (χ2n) is 3.66. The van der Waals surface area contributed by atoms with Gasteiger partial charge in [0.25, 0.3) is 0 Å². The van der Waals surface area contributed by atoms with Crippen molar-refractivity contribution in [1.29, 1.82) is 0 Å². The van der Waals surface area contributed by atoms with Gasteiger partial charge in [-0.2, -0.15) is 0 Å². The minimum absolute atomic E-state index is 0.144. The van der Waals surface area contributed by atoms with Gasteiger partial charge in [-0.1, -0.05) is 0 Å². The summed E-state index contributed by atoms with van der Waals surface area (Å²) in [7, 11) is 3.34. The highest BCUT2D eigenvalue weighted by atomic mass is 16.5.